The zero-order valence-electron chi connectivity index (χ0n) is 6.48. The van der Waals surface area contributed by atoms with Crippen molar-refractivity contribution >= 4 is 11.6 Å². The minimum atomic E-state index is -0.380. The lowest BCUT2D eigenvalue weighted by atomic mass is 10.3. The molecule has 13 heavy (non-hydrogen) atoms. The lowest BCUT2D eigenvalue weighted by Gasteiger charge is -2.01. The van der Waals surface area contributed by atoms with Crippen LogP contribution in [-0.2, 0) is 0 Å². The zero-order chi connectivity index (χ0) is 9.26. The molecule has 0 saturated heterocycles. The Labute approximate surface area is 78.8 Å². The minimum absolute atomic E-state index is 0.283. The molecule has 0 fully saturated rings. The summed E-state index contributed by atoms with van der Waals surface area (Å²) in [7, 11) is 0. The number of benzene rings is 1. The molecule has 1 aromatic heterocycles. The van der Waals surface area contributed by atoms with Gasteiger partial charge in [-0.2, -0.15) is 4.68 Å². The molecule has 66 valence electrons. The second kappa shape index (κ2) is 3.14. The summed E-state index contributed by atoms with van der Waals surface area (Å²) in [6.45, 7) is 0. The highest BCUT2D eigenvalue weighted by Gasteiger charge is 2.07. The molecule has 0 N–H and O–H groups in total. The summed E-state index contributed by atoms with van der Waals surface area (Å²) in [5.41, 5.74) is 0.296. The second-order valence-electron chi connectivity index (χ2n) is 2.42. The van der Waals surface area contributed by atoms with Gasteiger partial charge in [0, 0.05) is 0 Å². The molecule has 0 atom stereocenters. The van der Waals surface area contributed by atoms with Crippen LogP contribution >= 0.6 is 11.6 Å². The molecule has 0 aliphatic carbocycles. The van der Waals surface area contributed by atoms with Crippen LogP contribution in [0.3, 0.4) is 0 Å². The third-order valence-electron chi connectivity index (χ3n) is 1.59. The van der Waals surface area contributed by atoms with Crippen molar-refractivity contribution in [3.8, 4) is 5.69 Å². The van der Waals surface area contributed by atoms with Crippen LogP contribution in [0.4, 0.5) is 4.39 Å². The largest absolute Gasteiger partial charge is 0.205 e. The van der Waals surface area contributed by atoms with Crippen molar-refractivity contribution in [2.24, 2.45) is 0 Å². The van der Waals surface area contributed by atoms with Crippen LogP contribution in [0.2, 0.25) is 5.15 Å². The van der Waals surface area contributed by atoms with Crippen molar-refractivity contribution in [3.63, 3.8) is 0 Å². The van der Waals surface area contributed by atoms with Crippen LogP contribution in [0.15, 0.2) is 30.5 Å². The first-order valence-electron chi connectivity index (χ1n) is 3.60. The van der Waals surface area contributed by atoms with E-state index in [1.165, 1.54) is 16.9 Å². The van der Waals surface area contributed by atoms with Crippen LogP contribution in [0.5, 0.6) is 0 Å². The average Bonchev–Trinajstić information content (AvgIpc) is 2.52. The Balaban J connectivity index is 2.59. The van der Waals surface area contributed by atoms with Gasteiger partial charge in [-0.05, 0) is 12.1 Å². The van der Waals surface area contributed by atoms with Crippen molar-refractivity contribution < 1.29 is 4.39 Å². The number of para-hydroxylation sites is 1. The molecule has 0 bridgehead atoms. The Bertz CT molecular complexity index is 427. The van der Waals surface area contributed by atoms with Crippen LogP contribution in [0, 0.1) is 5.82 Å². The SMILES string of the molecule is Fc1ccccc1-n1nncc1Cl. The molecule has 2 rings (SSSR count). The highest BCUT2D eigenvalue weighted by Crippen LogP contribution is 2.15. The summed E-state index contributed by atoms with van der Waals surface area (Å²) in [5, 5.41) is 7.48. The Hall–Kier alpha value is -1.42. The Kier molecular flexibility index (Phi) is 1.98. The molecule has 0 aliphatic heterocycles. The first-order valence-corrected chi connectivity index (χ1v) is 3.98. The molecule has 0 radical (unpaired) electrons. The molecule has 3 nitrogen and oxygen atoms in total. The summed E-state index contributed by atoms with van der Waals surface area (Å²) < 4.78 is 14.4. The molecule has 5 heteroatoms. The molecule has 0 spiro atoms. The molecule has 0 aliphatic rings. The van der Waals surface area contributed by atoms with Crippen molar-refractivity contribution in [1.82, 2.24) is 15.0 Å². The maximum atomic E-state index is 13.2. The van der Waals surface area contributed by atoms with E-state index in [0.717, 1.165) is 0 Å². The van der Waals surface area contributed by atoms with Crippen LogP contribution in [0.1, 0.15) is 0 Å². The summed E-state index contributed by atoms with van der Waals surface area (Å²) in [5.74, 6) is -0.380. The number of hydrogen-bond donors (Lipinski definition) is 0. The predicted molar refractivity (Wildman–Crippen MR) is 46.3 cm³/mol. The van der Waals surface area contributed by atoms with Crippen molar-refractivity contribution in [2.75, 3.05) is 0 Å². The summed E-state index contributed by atoms with van der Waals surface area (Å²) in [6, 6.07) is 6.23. The van der Waals surface area contributed by atoms with Crippen LogP contribution in [-0.4, -0.2) is 15.0 Å². The zero-order valence-corrected chi connectivity index (χ0v) is 7.24. The predicted octanol–water partition coefficient (Wildman–Crippen LogP) is 2.06. The van der Waals surface area contributed by atoms with Gasteiger partial charge in [0.1, 0.15) is 11.5 Å². The molecular weight excluding hydrogens is 193 g/mol. The number of halogens is 2. The molecule has 0 saturated carbocycles. The maximum Gasteiger partial charge on any atom is 0.153 e. The number of rotatable bonds is 1. The third kappa shape index (κ3) is 1.40. The van der Waals surface area contributed by atoms with Gasteiger partial charge in [-0.25, -0.2) is 4.39 Å². The highest BCUT2D eigenvalue weighted by molar-refractivity contribution is 6.29. The van der Waals surface area contributed by atoms with E-state index in [-0.39, 0.29) is 11.0 Å². The average molecular weight is 198 g/mol. The molecule has 1 aromatic carbocycles. The van der Waals surface area contributed by atoms with Gasteiger partial charge in [0.15, 0.2) is 5.15 Å². The van der Waals surface area contributed by atoms with Gasteiger partial charge in [0.2, 0.25) is 0 Å². The van der Waals surface area contributed by atoms with E-state index in [0.29, 0.717) is 5.69 Å². The lowest BCUT2D eigenvalue weighted by Crippen LogP contribution is -1.99. The summed E-state index contributed by atoms with van der Waals surface area (Å²) >= 11 is 5.72. The molecule has 0 unspecified atom stereocenters. The quantitative estimate of drug-likeness (QED) is 0.701. The fraction of sp³-hybridized carbons (Fsp3) is 0. The molecule has 1 heterocycles. The van der Waals surface area contributed by atoms with E-state index in [2.05, 4.69) is 10.3 Å². The number of nitrogens with zero attached hydrogens (tertiary/aromatic N) is 3. The van der Waals surface area contributed by atoms with Gasteiger partial charge in [-0.3, -0.25) is 0 Å². The molecular formula is C8H5ClFN3. The van der Waals surface area contributed by atoms with Gasteiger partial charge in [-0.1, -0.05) is 28.9 Å². The first kappa shape index (κ1) is 8.19. The van der Waals surface area contributed by atoms with E-state index >= 15 is 0 Å². The lowest BCUT2D eigenvalue weighted by molar-refractivity contribution is 0.607. The van der Waals surface area contributed by atoms with Crippen molar-refractivity contribution in [2.45, 2.75) is 0 Å². The normalized spacial score (nSPS) is 10.3. The van der Waals surface area contributed by atoms with Gasteiger partial charge in [-0.15, -0.1) is 5.10 Å². The smallest absolute Gasteiger partial charge is 0.153 e. The Morgan fingerprint density at radius 2 is 2.08 bits per heavy atom. The van der Waals surface area contributed by atoms with E-state index in [1.807, 2.05) is 0 Å². The fourth-order valence-electron chi connectivity index (χ4n) is 1.01. The van der Waals surface area contributed by atoms with E-state index < -0.39 is 0 Å². The summed E-state index contributed by atoms with van der Waals surface area (Å²) in [4.78, 5) is 0. The number of hydrogen-bond acceptors (Lipinski definition) is 2. The third-order valence-corrected chi connectivity index (χ3v) is 1.85. The fourth-order valence-corrected chi connectivity index (χ4v) is 1.18. The minimum Gasteiger partial charge on any atom is -0.205 e. The number of aromatic nitrogens is 3. The first-order chi connectivity index (χ1) is 6.29. The standard InChI is InChI=1S/C8H5ClFN3/c9-8-5-11-12-13(8)7-4-2-1-3-6(7)10/h1-5H. The van der Waals surface area contributed by atoms with Crippen LogP contribution < -0.4 is 0 Å². The van der Waals surface area contributed by atoms with E-state index in [4.69, 9.17) is 11.6 Å². The van der Waals surface area contributed by atoms with Crippen LogP contribution in [0.25, 0.3) is 5.69 Å². The van der Waals surface area contributed by atoms with Gasteiger partial charge < -0.3 is 0 Å². The van der Waals surface area contributed by atoms with E-state index in [1.54, 1.807) is 18.2 Å². The Morgan fingerprint density at radius 3 is 2.69 bits per heavy atom. The van der Waals surface area contributed by atoms with Gasteiger partial charge >= 0.3 is 0 Å². The van der Waals surface area contributed by atoms with Gasteiger partial charge in [0.25, 0.3) is 0 Å². The van der Waals surface area contributed by atoms with Crippen molar-refractivity contribution in [3.05, 3.63) is 41.4 Å². The molecule has 0 amide bonds. The second-order valence-corrected chi connectivity index (χ2v) is 2.81. The maximum absolute atomic E-state index is 13.2. The monoisotopic (exact) mass is 197 g/mol. The van der Waals surface area contributed by atoms with Gasteiger partial charge in [0.05, 0.1) is 6.20 Å². The van der Waals surface area contributed by atoms with E-state index in [9.17, 15) is 4.39 Å². The van der Waals surface area contributed by atoms with Crippen molar-refractivity contribution in [1.29, 1.82) is 0 Å². The topological polar surface area (TPSA) is 30.7 Å². The molecule has 2 aromatic rings. The summed E-state index contributed by atoms with van der Waals surface area (Å²) in [6.07, 6.45) is 1.36. The highest BCUT2D eigenvalue weighted by atomic mass is 35.5. The Morgan fingerprint density at radius 1 is 1.31 bits per heavy atom.